The average Bonchev–Trinajstić information content (AvgIpc) is 2.74. The molecule has 4 heteroatoms. The Morgan fingerprint density at radius 3 is 2.94 bits per heavy atom. The first-order valence-electron chi connectivity index (χ1n) is 5.14. The van der Waals surface area contributed by atoms with Gasteiger partial charge in [0, 0.05) is 24.8 Å². The first kappa shape index (κ1) is 10.7. The molecule has 16 heavy (non-hydrogen) atoms. The molecular weight excluding hydrogens is 202 g/mol. The largest absolute Gasteiger partial charge is 0.472 e. The summed E-state index contributed by atoms with van der Waals surface area (Å²) < 4.78 is 5.02. The smallest absolute Gasteiger partial charge is 0.0947 e. The van der Waals surface area contributed by atoms with Crippen LogP contribution in [0.25, 0.3) is 0 Å². The quantitative estimate of drug-likeness (QED) is 0.849. The fourth-order valence-electron chi connectivity index (χ4n) is 1.59. The van der Waals surface area contributed by atoms with Crippen molar-refractivity contribution in [3.05, 3.63) is 48.2 Å². The molecule has 0 aromatic carbocycles. The molecular formula is C12H15N3O. The van der Waals surface area contributed by atoms with Crippen LogP contribution in [0.3, 0.4) is 0 Å². The molecule has 84 valence electrons. The van der Waals surface area contributed by atoms with Crippen molar-refractivity contribution < 1.29 is 4.42 Å². The lowest BCUT2D eigenvalue weighted by atomic mass is 10.2. The Balaban J connectivity index is 1.97. The van der Waals surface area contributed by atoms with Gasteiger partial charge in [0.05, 0.1) is 23.9 Å². The van der Waals surface area contributed by atoms with Crippen LogP contribution in [-0.4, -0.2) is 16.9 Å². The van der Waals surface area contributed by atoms with Crippen LogP contribution in [0.5, 0.6) is 0 Å². The molecule has 0 aliphatic heterocycles. The number of nitrogens with two attached hydrogens (primary N) is 1. The molecule has 0 amide bonds. The minimum atomic E-state index is 0.734. The van der Waals surface area contributed by atoms with Gasteiger partial charge in [0.2, 0.25) is 0 Å². The van der Waals surface area contributed by atoms with Crippen LogP contribution in [0.15, 0.2) is 41.3 Å². The van der Waals surface area contributed by atoms with Gasteiger partial charge in [-0.15, -0.1) is 0 Å². The molecule has 2 aromatic rings. The third kappa shape index (κ3) is 2.61. The van der Waals surface area contributed by atoms with Gasteiger partial charge in [-0.2, -0.15) is 0 Å². The van der Waals surface area contributed by atoms with E-state index in [9.17, 15) is 0 Å². The Hall–Kier alpha value is -1.81. The summed E-state index contributed by atoms with van der Waals surface area (Å²) in [6.45, 7) is 1.56. The van der Waals surface area contributed by atoms with Crippen molar-refractivity contribution in [3.8, 4) is 0 Å². The standard InChI is InChI=1S/C12H15N3O/c1-15(7-10-4-6-16-9-10)8-12-11(13)3-2-5-14-12/h2-6,9H,7-8,13H2,1H3. The summed E-state index contributed by atoms with van der Waals surface area (Å²) in [5.74, 6) is 0. The van der Waals surface area contributed by atoms with Gasteiger partial charge in [0.25, 0.3) is 0 Å². The van der Waals surface area contributed by atoms with Crippen LogP contribution in [-0.2, 0) is 13.1 Å². The number of pyridine rings is 1. The van der Waals surface area contributed by atoms with Crippen molar-refractivity contribution in [3.63, 3.8) is 0 Å². The third-order valence-electron chi connectivity index (χ3n) is 2.38. The van der Waals surface area contributed by atoms with Gasteiger partial charge in [-0.05, 0) is 25.2 Å². The van der Waals surface area contributed by atoms with Crippen molar-refractivity contribution >= 4 is 5.69 Å². The lowest BCUT2D eigenvalue weighted by molar-refractivity contribution is 0.314. The number of rotatable bonds is 4. The molecule has 0 fully saturated rings. The van der Waals surface area contributed by atoms with Crippen LogP contribution < -0.4 is 5.73 Å². The SMILES string of the molecule is CN(Cc1ccoc1)Cc1ncccc1N. The predicted octanol–water partition coefficient (Wildman–Crippen LogP) is 1.89. The Labute approximate surface area is 94.7 Å². The van der Waals surface area contributed by atoms with Crippen LogP contribution in [0, 0.1) is 0 Å². The van der Waals surface area contributed by atoms with E-state index in [1.54, 1.807) is 18.7 Å². The zero-order valence-corrected chi connectivity index (χ0v) is 9.26. The highest BCUT2D eigenvalue weighted by Gasteiger charge is 2.05. The second-order valence-electron chi connectivity index (χ2n) is 3.84. The van der Waals surface area contributed by atoms with Gasteiger partial charge >= 0.3 is 0 Å². The lowest BCUT2D eigenvalue weighted by Crippen LogP contribution is -2.18. The number of furan rings is 1. The highest BCUT2D eigenvalue weighted by Crippen LogP contribution is 2.11. The second-order valence-corrected chi connectivity index (χ2v) is 3.84. The molecule has 0 saturated carbocycles. The lowest BCUT2D eigenvalue weighted by Gasteiger charge is -2.15. The Bertz CT molecular complexity index is 439. The molecule has 0 spiro atoms. The van der Waals surface area contributed by atoms with E-state index in [0.717, 1.165) is 30.0 Å². The van der Waals surface area contributed by atoms with Crippen LogP contribution >= 0.6 is 0 Å². The monoisotopic (exact) mass is 217 g/mol. The van der Waals surface area contributed by atoms with Gasteiger partial charge in [-0.3, -0.25) is 9.88 Å². The molecule has 0 bridgehead atoms. The van der Waals surface area contributed by atoms with Gasteiger partial charge in [-0.1, -0.05) is 0 Å². The highest BCUT2D eigenvalue weighted by atomic mass is 16.3. The van der Waals surface area contributed by atoms with E-state index in [2.05, 4.69) is 9.88 Å². The number of anilines is 1. The number of hydrogen-bond donors (Lipinski definition) is 1. The summed E-state index contributed by atoms with van der Waals surface area (Å²) in [5.41, 5.74) is 8.63. The molecule has 0 atom stereocenters. The normalized spacial score (nSPS) is 10.9. The van der Waals surface area contributed by atoms with Crippen molar-refractivity contribution in [2.24, 2.45) is 0 Å². The summed E-state index contributed by atoms with van der Waals surface area (Å²) >= 11 is 0. The molecule has 0 saturated heterocycles. The Kier molecular flexibility index (Phi) is 3.22. The Morgan fingerprint density at radius 1 is 1.38 bits per heavy atom. The van der Waals surface area contributed by atoms with Gasteiger partial charge < -0.3 is 10.2 Å². The molecule has 0 radical (unpaired) electrons. The number of aromatic nitrogens is 1. The van der Waals surface area contributed by atoms with Gasteiger partial charge in [-0.25, -0.2) is 0 Å². The number of nitrogens with zero attached hydrogens (tertiary/aromatic N) is 2. The maximum absolute atomic E-state index is 5.83. The van der Waals surface area contributed by atoms with E-state index in [-0.39, 0.29) is 0 Å². The van der Waals surface area contributed by atoms with Crippen molar-refractivity contribution in [2.45, 2.75) is 13.1 Å². The molecule has 2 aromatic heterocycles. The van der Waals surface area contributed by atoms with E-state index < -0.39 is 0 Å². The predicted molar refractivity (Wildman–Crippen MR) is 62.5 cm³/mol. The second kappa shape index (κ2) is 4.81. The summed E-state index contributed by atoms with van der Waals surface area (Å²) in [7, 11) is 2.03. The van der Waals surface area contributed by atoms with E-state index in [1.807, 2.05) is 25.2 Å². The zero-order chi connectivity index (χ0) is 11.4. The van der Waals surface area contributed by atoms with E-state index in [1.165, 1.54) is 0 Å². The van der Waals surface area contributed by atoms with Crippen molar-refractivity contribution in [1.82, 2.24) is 9.88 Å². The summed E-state index contributed by atoms with van der Waals surface area (Å²) in [6, 6.07) is 5.67. The van der Waals surface area contributed by atoms with E-state index in [0.29, 0.717) is 0 Å². The Morgan fingerprint density at radius 2 is 2.25 bits per heavy atom. The maximum Gasteiger partial charge on any atom is 0.0947 e. The molecule has 4 nitrogen and oxygen atoms in total. The molecule has 0 unspecified atom stereocenters. The fraction of sp³-hybridized carbons (Fsp3) is 0.250. The molecule has 2 heterocycles. The maximum atomic E-state index is 5.83. The average molecular weight is 217 g/mol. The van der Waals surface area contributed by atoms with Crippen molar-refractivity contribution in [2.75, 3.05) is 12.8 Å². The zero-order valence-electron chi connectivity index (χ0n) is 9.26. The number of hydrogen-bond acceptors (Lipinski definition) is 4. The van der Waals surface area contributed by atoms with E-state index in [4.69, 9.17) is 10.2 Å². The molecule has 0 aliphatic rings. The molecule has 2 N–H and O–H groups in total. The minimum Gasteiger partial charge on any atom is -0.472 e. The van der Waals surface area contributed by atoms with Crippen molar-refractivity contribution in [1.29, 1.82) is 0 Å². The third-order valence-corrected chi connectivity index (χ3v) is 2.38. The van der Waals surface area contributed by atoms with Crippen LogP contribution in [0.4, 0.5) is 5.69 Å². The van der Waals surface area contributed by atoms with Gasteiger partial charge in [0.1, 0.15) is 0 Å². The number of nitrogen functional groups attached to an aromatic ring is 1. The first-order chi connectivity index (χ1) is 7.75. The minimum absolute atomic E-state index is 0.734. The summed E-state index contributed by atoms with van der Waals surface area (Å²) in [6.07, 6.45) is 5.19. The van der Waals surface area contributed by atoms with E-state index >= 15 is 0 Å². The molecule has 2 rings (SSSR count). The molecule has 0 aliphatic carbocycles. The fourth-order valence-corrected chi connectivity index (χ4v) is 1.59. The summed E-state index contributed by atoms with van der Waals surface area (Å²) in [4.78, 5) is 6.40. The summed E-state index contributed by atoms with van der Waals surface area (Å²) in [5, 5.41) is 0. The highest BCUT2D eigenvalue weighted by molar-refractivity contribution is 5.41. The first-order valence-corrected chi connectivity index (χ1v) is 5.14. The topological polar surface area (TPSA) is 55.3 Å². The van der Waals surface area contributed by atoms with Crippen LogP contribution in [0.1, 0.15) is 11.3 Å². The van der Waals surface area contributed by atoms with Crippen LogP contribution in [0.2, 0.25) is 0 Å². The van der Waals surface area contributed by atoms with Gasteiger partial charge in [0.15, 0.2) is 0 Å².